The van der Waals surface area contributed by atoms with Gasteiger partial charge in [-0.05, 0) is 33.1 Å². The van der Waals surface area contributed by atoms with Crippen molar-refractivity contribution in [2.24, 2.45) is 0 Å². The number of carboxylic acid groups (broad SMARTS) is 1. The standard InChI is InChI=1S/C12H22N2O4/c1-12(2,7-10(15)16)14-11(17)13-8-4-5-9(6-8)18-3/h8-9H,4-7H2,1-3H3,(H,15,16)(H2,13,14,17). The second kappa shape index (κ2) is 6.04. The van der Waals surface area contributed by atoms with E-state index >= 15 is 0 Å². The molecule has 0 saturated heterocycles. The number of hydrogen-bond acceptors (Lipinski definition) is 3. The van der Waals surface area contributed by atoms with Gasteiger partial charge in [-0.25, -0.2) is 4.79 Å². The number of ether oxygens (including phenoxy) is 1. The molecule has 1 rings (SSSR count). The van der Waals surface area contributed by atoms with Crippen LogP contribution in [0.4, 0.5) is 4.79 Å². The fourth-order valence-corrected chi connectivity index (χ4v) is 2.24. The maximum atomic E-state index is 11.7. The molecule has 18 heavy (non-hydrogen) atoms. The van der Waals surface area contributed by atoms with Crippen LogP contribution in [-0.2, 0) is 9.53 Å². The summed E-state index contributed by atoms with van der Waals surface area (Å²) in [6.45, 7) is 3.38. The highest BCUT2D eigenvalue weighted by atomic mass is 16.5. The second-order valence-electron chi connectivity index (χ2n) is 5.42. The van der Waals surface area contributed by atoms with E-state index in [9.17, 15) is 9.59 Å². The van der Waals surface area contributed by atoms with E-state index in [4.69, 9.17) is 9.84 Å². The molecule has 1 fully saturated rings. The second-order valence-corrected chi connectivity index (χ2v) is 5.42. The number of nitrogens with one attached hydrogen (secondary N) is 2. The first kappa shape index (κ1) is 14.8. The summed E-state index contributed by atoms with van der Waals surface area (Å²) in [4.78, 5) is 22.4. The molecular weight excluding hydrogens is 236 g/mol. The molecule has 0 spiro atoms. The lowest BCUT2D eigenvalue weighted by atomic mass is 10.0. The van der Waals surface area contributed by atoms with Gasteiger partial charge in [0.1, 0.15) is 0 Å². The molecule has 104 valence electrons. The predicted octanol–water partition coefficient (Wildman–Crippen LogP) is 1.11. The molecule has 2 unspecified atom stereocenters. The third-order valence-electron chi connectivity index (χ3n) is 3.10. The van der Waals surface area contributed by atoms with Gasteiger partial charge >= 0.3 is 12.0 Å². The zero-order valence-electron chi connectivity index (χ0n) is 11.2. The van der Waals surface area contributed by atoms with Crippen LogP contribution >= 0.6 is 0 Å². The van der Waals surface area contributed by atoms with E-state index in [1.807, 2.05) is 0 Å². The first-order valence-corrected chi connectivity index (χ1v) is 6.15. The van der Waals surface area contributed by atoms with Crippen LogP contribution in [0.25, 0.3) is 0 Å². The van der Waals surface area contributed by atoms with Gasteiger partial charge in [0.05, 0.1) is 12.5 Å². The van der Waals surface area contributed by atoms with Crippen LogP contribution < -0.4 is 10.6 Å². The molecule has 0 bridgehead atoms. The maximum absolute atomic E-state index is 11.7. The van der Waals surface area contributed by atoms with Crippen LogP contribution in [0.15, 0.2) is 0 Å². The minimum absolute atomic E-state index is 0.105. The lowest BCUT2D eigenvalue weighted by Crippen LogP contribution is -2.51. The number of aliphatic carboxylic acids is 1. The number of rotatable bonds is 5. The van der Waals surface area contributed by atoms with Crippen molar-refractivity contribution in [1.82, 2.24) is 10.6 Å². The number of hydrogen-bond donors (Lipinski definition) is 3. The van der Waals surface area contributed by atoms with Gasteiger partial charge in [-0.1, -0.05) is 0 Å². The molecule has 0 heterocycles. The zero-order chi connectivity index (χ0) is 13.8. The van der Waals surface area contributed by atoms with Crippen LogP contribution in [0.3, 0.4) is 0 Å². The van der Waals surface area contributed by atoms with Crippen molar-refractivity contribution >= 4 is 12.0 Å². The Labute approximate surface area is 107 Å². The smallest absolute Gasteiger partial charge is 0.315 e. The molecule has 2 atom stereocenters. The van der Waals surface area contributed by atoms with Crippen molar-refractivity contribution in [3.8, 4) is 0 Å². The van der Waals surface area contributed by atoms with Gasteiger partial charge in [0, 0.05) is 18.7 Å². The van der Waals surface area contributed by atoms with Gasteiger partial charge in [-0.2, -0.15) is 0 Å². The first-order valence-electron chi connectivity index (χ1n) is 6.15. The van der Waals surface area contributed by atoms with Gasteiger partial charge < -0.3 is 20.5 Å². The molecule has 2 amide bonds. The molecule has 6 heteroatoms. The molecule has 0 aromatic heterocycles. The average Bonchev–Trinajstić information content (AvgIpc) is 2.61. The highest BCUT2D eigenvalue weighted by molar-refractivity contribution is 5.76. The fourth-order valence-electron chi connectivity index (χ4n) is 2.24. The summed E-state index contributed by atoms with van der Waals surface area (Å²) in [5.74, 6) is -0.930. The Morgan fingerprint density at radius 2 is 2.06 bits per heavy atom. The molecule has 6 nitrogen and oxygen atoms in total. The van der Waals surface area contributed by atoms with Crippen LogP contribution in [0.2, 0.25) is 0 Å². The summed E-state index contributed by atoms with van der Waals surface area (Å²) in [6.07, 6.45) is 2.75. The van der Waals surface area contributed by atoms with Gasteiger partial charge in [0.15, 0.2) is 0 Å². The monoisotopic (exact) mass is 258 g/mol. The number of urea groups is 1. The van der Waals surface area contributed by atoms with Crippen molar-refractivity contribution in [2.45, 2.75) is 57.2 Å². The SMILES string of the molecule is COC1CCC(NC(=O)NC(C)(C)CC(=O)O)C1. The summed E-state index contributed by atoms with van der Waals surface area (Å²) < 4.78 is 5.23. The average molecular weight is 258 g/mol. The Morgan fingerprint density at radius 1 is 1.39 bits per heavy atom. The summed E-state index contributed by atoms with van der Waals surface area (Å²) in [5.41, 5.74) is -0.755. The third-order valence-corrected chi connectivity index (χ3v) is 3.10. The number of carbonyl (C=O) groups excluding carboxylic acids is 1. The molecule has 0 aliphatic heterocycles. The summed E-state index contributed by atoms with van der Waals surface area (Å²) in [6, 6.07) is -0.210. The Hall–Kier alpha value is -1.30. The van der Waals surface area contributed by atoms with Crippen LogP contribution in [0, 0.1) is 0 Å². The van der Waals surface area contributed by atoms with E-state index in [0.717, 1.165) is 19.3 Å². The minimum Gasteiger partial charge on any atom is -0.481 e. The Bertz CT molecular complexity index is 317. The van der Waals surface area contributed by atoms with E-state index in [2.05, 4.69) is 10.6 Å². The summed E-state index contributed by atoms with van der Waals surface area (Å²) >= 11 is 0. The van der Waals surface area contributed by atoms with E-state index in [1.54, 1.807) is 21.0 Å². The van der Waals surface area contributed by atoms with Crippen molar-refractivity contribution < 1.29 is 19.4 Å². The van der Waals surface area contributed by atoms with E-state index in [-0.39, 0.29) is 24.6 Å². The molecule has 0 radical (unpaired) electrons. The van der Waals surface area contributed by atoms with E-state index < -0.39 is 11.5 Å². The predicted molar refractivity (Wildman–Crippen MR) is 66.4 cm³/mol. The number of carboxylic acids is 1. The van der Waals surface area contributed by atoms with Crippen molar-refractivity contribution in [2.75, 3.05) is 7.11 Å². The van der Waals surface area contributed by atoms with Crippen LogP contribution in [0.1, 0.15) is 39.5 Å². The number of carbonyl (C=O) groups is 2. The number of methoxy groups -OCH3 is 1. The van der Waals surface area contributed by atoms with Crippen molar-refractivity contribution in [3.05, 3.63) is 0 Å². The lowest BCUT2D eigenvalue weighted by molar-refractivity contribution is -0.138. The molecular formula is C12H22N2O4. The van der Waals surface area contributed by atoms with E-state index in [0.29, 0.717) is 0 Å². The van der Waals surface area contributed by atoms with Crippen molar-refractivity contribution in [1.29, 1.82) is 0 Å². The Kier molecular flexibility index (Phi) is 4.95. The third kappa shape index (κ3) is 4.91. The highest BCUT2D eigenvalue weighted by Gasteiger charge is 2.28. The zero-order valence-corrected chi connectivity index (χ0v) is 11.2. The van der Waals surface area contributed by atoms with Crippen molar-refractivity contribution in [3.63, 3.8) is 0 Å². The summed E-state index contributed by atoms with van der Waals surface area (Å²) in [7, 11) is 1.67. The van der Waals surface area contributed by atoms with Gasteiger partial charge in [0.2, 0.25) is 0 Å². The maximum Gasteiger partial charge on any atom is 0.315 e. The molecule has 3 N–H and O–H groups in total. The topological polar surface area (TPSA) is 87.7 Å². The Balaban J connectivity index is 2.35. The van der Waals surface area contributed by atoms with Gasteiger partial charge in [-0.15, -0.1) is 0 Å². The van der Waals surface area contributed by atoms with Crippen LogP contribution in [0.5, 0.6) is 0 Å². The fraction of sp³-hybridized carbons (Fsp3) is 0.833. The molecule has 1 aliphatic rings. The van der Waals surface area contributed by atoms with Gasteiger partial charge in [-0.3, -0.25) is 4.79 Å². The molecule has 1 saturated carbocycles. The normalized spacial score (nSPS) is 23.7. The lowest BCUT2D eigenvalue weighted by Gasteiger charge is -2.25. The molecule has 1 aliphatic carbocycles. The molecule has 0 aromatic rings. The quantitative estimate of drug-likeness (QED) is 0.689. The molecule has 0 aromatic carbocycles. The minimum atomic E-state index is -0.930. The number of amides is 2. The highest BCUT2D eigenvalue weighted by Crippen LogP contribution is 2.21. The largest absolute Gasteiger partial charge is 0.481 e. The first-order chi connectivity index (χ1) is 8.32. The van der Waals surface area contributed by atoms with Crippen LogP contribution in [-0.4, -0.2) is 41.9 Å². The Morgan fingerprint density at radius 3 is 2.56 bits per heavy atom. The summed E-state index contributed by atoms with van der Waals surface area (Å²) in [5, 5.41) is 14.2. The van der Waals surface area contributed by atoms with Gasteiger partial charge in [0.25, 0.3) is 0 Å². The van der Waals surface area contributed by atoms with E-state index in [1.165, 1.54) is 0 Å².